The number of hydrogen-bond donors (Lipinski definition) is 4. The molecule has 0 unspecified atom stereocenters. The maximum Gasteiger partial charge on any atom is 0.320 e. The van der Waals surface area contributed by atoms with Gasteiger partial charge in [0.1, 0.15) is 17.7 Å². The van der Waals surface area contributed by atoms with Crippen molar-refractivity contribution in [2.24, 2.45) is 22.1 Å². The third-order valence-electron chi connectivity index (χ3n) is 9.12. The van der Waals surface area contributed by atoms with E-state index in [2.05, 4.69) is 31.8 Å². The second kappa shape index (κ2) is 14.1. The Bertz CT molecular complexity index is 1810. The Kier molecular flexibility index (Phi) is 9.68. The normalized spacial score (nSPS) is 20.4. The number of aliphatic hydroxyl groups is 1. The van der Waals surface area contributed by atoms with Gasteiger partial charge in [0.2, 0.25) is 5.95 Å². The average molecular weight is 651 g/mol. The van der Waals surface area contributed by atoms with E-state index >= 15 is 0 Å². The molecule has 1 aliphatic heterocycles. The number of piperidine rings is 1. The zero-order valence-electron chi connectivity index (χ0n) is 28.2. The van der Waals surface area contributed by atoms with Crippen LogP contribution in [0.15, 0.2) is 83.6 Å². The maximum absolute atomic E-state index is 13.4. The van der Waals surface area contributed by atoms with Crippen molar-refractivity contribution < 1.29 is 14.6 Å². The number of carbonyl (C=O) groups is 1. The van der Waals surface area contributed by atoms with E-state index in [0.717, 1.165) is 59.9 Å². The number of nitrogens with two attached hydrogens (primary N) is 1. The Morgan fingerprint density at radius 1 is 1.06 bits per heavy atom. The number of nitrogens with one attached hydrogen (secondary N) is 2. The topological polar surface area (TPSA) is 142 Å². The Balaban J connectivity index is 1.18. The van der Waals surface area contributed by atoms with Gasteiger partial charge in [0.25, 0.3) is 0 Å². The minimum absolute atomic E-state index is 0.172. The predicted molar refractivity (Wildman–Crippen MR) is 188 cm³/mol. The van der Waals surface area contributed by atoms with Crippen LogP contribution in [0.4, 0.5) is 16.4 Å². The van der Waals surface area contributed by atoms with Crippen LogP contribution >= 0.6 is 0 Å². The molecular weight excluding hydrogens is 604 g/mol. The number of aliphatic hydroxyl groups excluding tert-OH is 1. The number of hydrogen-bond acceptors (Lipinski definition) is 8. The molecule has 3 atom stereocenters. The molecule has 1 saturated heterocycles. The first-order chi connectivity index (χ1) is 23.1. The van der Waals surface area contributed by atoms with Crippen molar-refractivity contribution in [3.63, 3.8) is 0 Å². The zero-order chi connectivity index (χ0) is 33.8. The third kappa shape index (κ3) is 7.62. The SMILES string of the molecule is Cc1ccc(N=C(C=C(N)C(C)(C)C)NC(=O)N[C@H]2CC[C@@H](Oc3ccc4nnc(N5CCC[C@@H](CO)C5)n4c3)c3ccccc32)cc1. The molecule has 3 heterocycles. The van der Waals surface area contributed by atoms with Gasteiger partial charge in [0.05, 0.1) is 17.9 Å². The lowest BCUT2D eigenvalue weighted by molar-refractivity contribution is 0.171. The van der Waals surface area contributed by atoms with Crippen LogP contribution in [-0.4, -0.2) is 51.3 Å². The molecular formula is C37H46N8O3. The third-order valence-corrected chi connectivity index (χ3v) is 9.12. The molecule has 48 heavy (non-hydrogen) atoms. The summed E-state index contributed by atoms with van der Waals surface area (Å²) in [6, 6.07) is 19.2. The Hall–Kier alpha value is -4.90. The number of aliphatic imine (C=N–C) groups is 1. The van der Waals surface area contributed by atoms with Gasteiger partial charge < -0.3 is 25.8 Å². The van der Waals surface area contributed by atoms with Crippen LogP contribution in [0.5, 0.6) is 5.75 Å². The molecule has 0 saturated carbocycles. The monoisotopic (exact) mass is 650 g/mol. The first kappa shape index (κ1) is 33.0. The summed E-state index contributed by atoms with van der Waals surface area (Å²) in [5.41, 5.74) is 11.3. The van der Waals surface area contributed by atoms with Crippen molar-refractivity contribution in [2.75, 3.05) is 24.6 Å². The second-order valence-electron chi connectivity index (χ2n) is 13.9. The molecule has 5 N–H and O–H groups in total. The Morgan fingerprint density at radius 2 is 1.83 bits per heavy atom. The summed E-state index contributed by atoms with van der Waals surface area (Å²) in [6.07, 6.45) is 6.90. The van der Waals surface area contributed by atoms with Crippen LogP contribution in [-0.2, 0) is 0 Å². The standard InChI is InChI=1S/C37H46N8O3/c1-24-11-13-26(14-12-24)39-33(20-32(38)37(2,3)4)41-35(47)40-30-16-17-31(29-10-6-5-9-28(29)30)48-27-15-18-34-42-43-36(45(34)22-27)44-19-7-8-25(21-44)23-46/h5-6,9-15,18,20,22,25,30-31,46H,7-8,16-17,19,21,23,38H2,1-4H3,(H2,39,40,41,47)/t25-,30+,31-/m1/s1. The summed E-state index contributed by atoms with van der Waals surface area (Å²) in [5.74, 6) is 2.08. The Labute approximate surface area is 281 Å². The van der Waals surface area contributed by atoms with Crippen molar-refractivity contribution >= 4 is 29.1 Å². The highest BCUT2D eigenvalue weighted by Gasteiger charge is 2.30. The van der Waals surface area contributed by atoms with Gasteiger partial charge in [0.15, 0.2) is 5.65 Å². The van der Waals surface area contributed by atoms with E-state index in [-0.39, 0.29) is 36.1 Å². The van der Waals surface area contributed by atoms with E-state index in [4.69, 9.17) is 15.5 Å². The predicted octanol–water partition coefficient (Wildman–Crippen LogP) is 6.12. The number of nitrogens with zero attached hydrogens (tertiary/aromatic N) is 5. The first-order valence-electron chi connectivity index (χ1n) is 16.7. The van der Waals surface area contributed by atoms with Crippen LogP contribution in [0.3, 0.4) is 0 Å². The number of allylic oxidation sites excluding steroid dienone is 1. The van der Waals surface area contributed by atoms with E-state index in [1.165, 1.54) is 0 Å². The lowest BCUT2D eigenvalue weighted by atomic mass is 9.85. The summed E-state index contributed by atoms with van der Waals surface area (Å²) in [7, 11) is 0. The molecule has 4 aromatic rings. The second-order valence-corrected chi connectivity index (χ2v) is 13.9. The highest BCUT2D eigenvalue weighted by Crippen LogP contribution is 2.39. The van der Waals surface area contributed by atoms with Crippen LogP contribution in [0.2, 0.25) is 0 Å². The fraction of sp³-hybridized carbons (Fsp3) is 0.405. The maximum atomic E-state index is 13.4. The molecule has 2 amide bonds. The van der Waals surface area contributed by atoms with Gasteiger partial charge in [0, 0.05) is 36.9 Å². The molecule has 1 aliphatic carbocycles. The van der Waals surface area contributed by atoms with Crippen LogP contribution < -0.4 is 26.0 Å². The number of rotatable bonds is 7. The molecule has 2 aromatic carbocycles. The number of benzene rings is 2. The largest absolute Gasteiger partial charge is 0.484 e. The molecule has 0 radical (unpaired) electrons. The molecule has 6 rings (SSSR count). The molecule has 2 aliphatic rings. The molecule has 11 heteroatoms. The average Bonchev–Trinajstić information content (AvgIpc) is 3.50. The lowest BCUT2D eigenvalue weighted by Crippen LogP contribution is -2.42. The number of ether oxygens (including phenoxy) is 1. The minimum atomic E-state index is -0.357. The summed E-state index contributed by atoms with van der Waals surface area (Å²) < 4.78 is 8.58. The van der Waals surface area contributed by atoms with Crippen LogP contribution in [0.1, 0.15) is 75.3 Å². The highest BCUT2D eigenvalue weighted by atomic mass is 16.5. The number of anilines is 1. The van der Waals surface area contributed by atoms with Gasteiger partial charge in [-0.1, -0.05) is 62.7 Å². The number of carbonyl (C=O) groups excluding carboxylic acids is 1. The highest BCUT2D eigenvalue weighted by molar-refractivity contribution is 6.05. The number of amidine groups is 1. The fourth-order valence-corrected chi connectivity index (χ4v) is 6.26. The molecule has 1 fully saturated rings. The molecule has 0 bridgehead atoms. The van der Waals surface area contributed by atoms with Crippen molar-refractivity contribution in [3.8, 4) is 5.75 Å². The lowest BCUT2D eigenvalue weighted by Gasteiger charge is -2.32. The summed E-state index contributed by atoms with van der Waals surface area (Å²) in [4.78, 5) is 20.3. The first-order valence-corrected chi connectivity index (χ1v) is 16.7. The van der Waals surface area contributed by atoms with Crippen LogP contribution in [0, 0.1) is 18.3 Å². The van der Waals surface area contributed by atoms with Gasteiger partial charge >= 0.3 is 6.03 Å². The number of amides is 2. The number of fused-ring (bicyclic) bond motifs is 2. The van der Waals surface area contributed by atoms with Gasteiger partial charge in [-0.05, 0) is 73.9 Å². The summed E-state index contributed by atoms with van der Waals surface area (Å²) in [6.45, 7) is 9.87. The van der Waals surface area contributed by atoms with Crippen molar-refractivity contribution in [2.45, 2.75) is 65.5 Å². The van der Waals surface area contributed by atoms with E-state index in [1.807, 2.05) is 92.9 Å². The zero-order valence-corrected chi connectivity index (χ0v) is 28.2. The summed E-state index contributed by atoms with van der Waals surface area (Å²) >= 11 is 0. The van der Waals surface area contributed by atoms with E-state index < -0.39 is 0 Å². The van der Waals surface area contributed by atoms with Crippen molar-refractivity contribution in [3.05, 3.63) is 95.3 Å². The number of urea groups is 1. The fourth-order valence-electron chi connectivity index (χ4n) is 6.26. The number of aryl methyl sites for hydroxylation is 1. The van der Waals surface area contributed by atoms with Crippen molar-refractivity contribution in [1.82, 2.24) is 25.2 Å². The van der Waals surface area contributed by atoms with Gasteiger partial charge in [-0.15, -0.1) is 10.2 Å². The minimum Gasteiger partial charge on any atom is -0.484 e. The molecule has 11 nitrogen and oxygen atoms in total. The van der Waals surface area contributed by atoms with E-state index in [9.17, 15) is 9.90 Å². The molecule has 252 valence electrons. The van der Waals surface area contributed by atoms with E-state index in [0.29, 0.717) is 30.1 Å². The number of pyridine rings is 1. The van der Waals surface area contributed by atoms with E-state index in [1.54, 1.807) is 6.08 Å². The quantitative estimate of drug-likeness (QED) is 0.139. The van der Waals surface area contributed by atoms with Gasteiger partial charge in [-0.2, -0.15) is 0 Å². The van der Waals surface area contributed by atoms with Crippen molar-refractivity contribution in [1.29, 1.82) is 0 Å². The van der Waals surface area contributed by atoms with Gasteiger partial charge in [-0.25, -0.2) is 9.79 Å². The Morgan fingerprint density at radius 3 is 2.58 bits per heavy atom. The molecule has 2 aromatic heterocycles. The smallest absolute Gasteiger partial charge is 0.320 e. The number of aromatic nitrogens is 3. The summed E-state index contributed by atoms with van der Waals surface area (Å²) in [5, 5.41) is 24.7. The van der Waals surface area contributed by atoms with Gasteiger partial charge in [-0.3, -0.25) is 9.72 Å². The van der Waals surface area contributed by atoms with Crippen LogP contribution in [0.25, 0.3) is 5.65 Å². The molecule has 0 spiro atoms.